The number of hydrogen-bond donors (Lipinski definition) is 1. The lowest BCUT2D eigenvalue weighted by Crippen LogP contribution is -2.64. The van der Waals surface area contributed by atoms with E-state index >= 15 is 0 Å². The largest absolute Gasteiger partial charge is 0.375 e. The van der Waals surface area contributed by atoms with Crippen molar-refractivity contribution in [1.29, 1.82) is 0 Å². The fraction of sp³-hybridized carbons (Fsp3) is 1.00. The van der Waals surface area contributed by atoms with Gasteiger partial charge in [-0.05, 0) is 44.9 Å². The summed E-state index contributed by atoms with van der Waals surface area (Å²) >= 11 is 0. The zero-order valence-electron chi connectivity index (χ0n) is 13.9. The summed E-state index contributed by atoms with van der Waals surface area (Å²) in [5.74, 6) is 1.01. The van der Waals surface area contributed by atoms with E-state index in [0.29, 0.717) is 0 Å². The van der Waals surface area contributed by atoms with Crippen molar-refractivity contribution in [3.05, 3.63) is 0 Å². The van der Waals surface area contributed by atoms with Crippen LogP contribution in [0.3, 0.4) is 0 Å². The van der Waals surface area contributed by atoms with E-state index in [1.807, 2.05) is 0 Å². The lowest BCUT2D eigenvalue weighted by atomic mass is 9.77. The van der Waals surface area contributed by atoms with E-state index in [0.717, 1.165) is 38.3 Å². The first kappa shape index (κ1) is 15.7. The Morgan fingerprint density at radius 2 is 1.90 bits per heavy atom. The maximum Gasteiger partial charge on any atom is 0.0670 e. The summed E-state index contributed by atoms with van der Waals surface area (Å²) in [6, 6.07) is 0. The van der Waals surface area contributed by atoms with Crippen molar-refractivity contribution >= 4 is 0 Å². The van der Waals surface area contributed by atoms with Gasteiger partial charge in [0.25, 0.3) is 0 Å². The van der Waals surface area contributed by atoms with E-state index in [1.165, 1.54) is 45.6 Å². The monoisotopic (exact) mass is 295 g/mol. The highest BCUT2D eigenvalue weighted by Crippen LogP contribution is 2.38. The van der Waals surface area contributed by atoms with E-state index in [2.05, 4.69) is 23.6 Å². The van der Waals surface area contributed by atoms with Gasteiger partial charge in [0.2, 0.25) is 0 Å². The molecule has 2 saturated heterocycles. The van der Waals surface area contributed by atoms with E-state index in [1.54, 1.807) is 0 Å². The number of rotatable bonds is 5. The van der Waals surface area contributed by atoms with Crippen molar-refractivity contribution < 1.29 is 4.74 Å². The van der Waals surface area contributed by atoms with Crippen LogP contribution in [0, 0.1) is 5.92 Å². The molecule has 0 aromatic carbocycles. The van der Waals surface area contributed by atoms with Crippen LogP contribution in [0.5, 0.6) is 0 Å². The van der Waals surface area contributed by atoms with Crippen LogP contribution >= 0.6 is 0 Å². The molecule has 0 amide bonds. The number of ether oxygens (including phenoxy) is 1. The van der Waals surface area contributed by atoms with Crippen molar-refractivity contribution in [1.82, 2.24) is 9.80 Å². The summed E-state index contributed by atoms with van der Waals surface area (Å²) in [5, 5.41) is 0. The highest BCUT2D eigenvalue weighted by Gasteiger charge is 2.46. The van der Waals surface area contributed by atoms with Crippen LogP contribution in [-0.2, 0) is 4.74 Å². The molecular formula is C17H33N3O. The van der Waals surface area contributed by atoms with Crippen molar-refractivity contribution in [3.63, 3.8) is 0 Å². The zero-order chi connectivity index (χ0) is 14.9. The second-order valence-electron chi connectivity index (χ2n) is 7.74. The van der Waals surface area contributed by atoms with Gasteiger partial charge in [0.1, 0.15) is 0 Å². The normalized spacial score (nSPS) is 39.6. The summed E-state index contributed by atoms with van der Waals surface area (Å²) in [7, 11) is 0. The minimum Gasteiger partial charge on any atom is -0.375 e. The van der Waals surface area contributed by atoms with Crippen LogP contribution in [0.4, 0.5) is 0 Å². The second kappa shape index (κ2) is 6.15. The molecule has 2 unspecified atom stereocenters. The van der Waals surface area contributed by atoms with Crippen LogP contribution in [0.25, 0.3) is 0 Å². The maximum atomic E-state index is 6.26. The predicted molar refractivity (Wildman–Crippen MR) is 86.4 cm³/mol. The Morgan fingerprint density at radius 1 is 1.19 bits per heavy atom. The summed E-state index contributed by atoms with van der Waals surface area (Å²) in [4.78, 5) is 5.35. The average Bonchev–Trinajstić information content (AvgIpc) is 3.32. The van der Waals surface area contributed by atoms with Gasteiger partial charge in [0.05, 0.1) is 5.60 Å². The Kier molecular flexibility index (Phi) is 4.60. The molecule has 0 radical (unpaired) electrons. The number of nitrogens with two attached hydrogens (primary N) is 1. The van der Waals surface area contributed by atoms with Gasteiger partial charge in [0, 0.05) is 51.4 Å². The highest BCUT2D eigenvalue weighted by molar-refractivity contribution is 5.01. The third kappa shape index (κ3) is 3.44. The molecule has 122 valence electrons. The van der Waals surface area contributed by atoms with Gasteiger partial charge >= 0.3 is 0 Å². The van der Waals surface area contributed by atoms with Crippen molar-refractivity contribution in [2.24, 2.45) is 11.7 Å². The Morgan fingerprint density at radius 3 is 2.48 bits per heavy atom. The molecule has 2 aliphatic heterocycles. The van der Waals surface area contributed by atoms with E-state index < -0.39 is 0 Å². The molecular weight excluding hydrogens is 262 g/mol. The lowest BCUT2D eigenvalue weighted by Gasteiger charge is -2.53. The molecule has 2 atom stereocenters. The summed E-state index contributed by atoms with van der Waals surface area (Å²) in [6.45, 7) is 12.3. The van der Waals surface area contributed by atoms with Crippen molar-refractivity contribution in [2.45, 2.75) is 57.1 Å². The molecule has 2 N–H and O–H groups in total. The molecule has 4 heteroatoms. The molecule has 3 aliphatic rings. The predicted octanol–water partition coefficient (Wildman–Crippen LogP) is 1.69. The summed E-state index contributed by atoms with van der Waals surface area (Å²) in [5.41, 5.74) is 6.45. The Balaban J connectivity index is 1.60. The van der Waals surface area contributed by atoms with Crippen LogP contribution < -0.4 is 5.73 Å². The molecule has 21 heavy (non-hydrogen) atoms. The molecule has 4 nitrogen and oxygen atoms in total. The van der Waals surface area contributed by atoms with Gasteiger partial charge in [-0.25, -0.2) is 0 Å². The number of nitrogens with zero attached hydrogens (tertiary/aromatic N) is 2. The number of hydrogen-bond acceptors (Lipinski definition) is 4. The average molecular weight is 295 g/mol. The minimum absolute atomic E-state index is 0.0166. The van der Waals surface area contributed by atoms with E-state index in [-0.39, 0.29) is 11.1 Å². The molecule has 0 bridgehead atoms. The molecule has 0 aromatic rings. The third-order valence-corrected chi connectivity index (χ3v) is 6.11. The molecule has 3 rings (SSSR count). The quantitative estimate of drug-likeness (QED) is 0.838. The molecule has 2 heterocycles. The fourth-order valence-corrected chi connectivity index (χ4v) is 4.19. The van der Waals surface area contributed by atoms with Crippen molar-refractivity contribution in [2.75, 3.05) is 45.9 Å². The number of piperazine rings is 1. The molecule has 0 spiro atoms. The Labute approximate surface area is 130 Å². The lowest BCUT2D eigenvalue weighted by molar-refractivity contribution is -0.134. The Hall–Kier alpha value is -0.160. The summed E-state index contributed by atoms with van der Waals surface area (Å²) < 4.78 is 6.05. The topological polar surface area (TPSA) is 41.7 Å². The van der Waals surface area contributed by atoms with Crippen LogP contribution in [0.15, 0.2) is 0 Å². The highest BCUT2D eigenvalue weighted by atomic mass is 16.5. The molecule has 3 fully saturated rings. The maximum absolute atomic E-state index is 6.26. The minimum atomic E-state index is 0.0166. The second-order valence-corrected chi connectivity index (χ2v) is 7.74. The Bertz CT molecular complexity index is 352. The van der Waals surface area contributed by atoms with Gasteiger partial charge < -0.3 is 15.4 Å². The van der Waals surface area contributed by atoms with Gasteiger partial charge in [-0.1, -0.05) is 6.92 Å². The van der Waals surface area contributed by atoms with Crippen molar-refractivity contribution in [3.8, 4) is 0 Å². The molecule has 0 aromatic heterocycles. The van der Waals surface area contributed by atoms with Gasteiger partial charge in [-0.2, -0.15) is 0 Å². The SMILES string of the molecule is CCC1(C)CC(CN)(N2CCN(CC3CC3)CC2)CCO1. The van der Waals surface area contributed by atoms with Crippen LogP contribution in [-0.4, -0.2) is 66.8 Å². The van der Waals surface area contributed by atoms with Gasteiger partial charge in [-0.15, -0.1) is 0 Å². The standard InChI is InChI=1S/C17H33N3O/c1-3-16(2)13-17(14-18,6-11-21-16)20-9-7-19(8-10-20)12-15-4-5-15/h15H,3-14,18H2,1-2H3. The first-order valence-electron chi connectivity index (χ1n) is 8.91. The molecule has 1 saturated carbocycles. The smallest absolute Gasteiger partial charge is 0.0670 e. The fourth-order valence-electron chi connectivity index (χ4n) is 4.19. The van der Waals surface area contributed by atoms with E-state index in [9.17, 15) is 0 Å². The van der Waals surface area contributed by atoms with Gasteiger partial charge in [0.15, 0.2) is 0 Å². The van der Waals surface area contributed by atoms with Crippen LogP contribution in [0.1, 0.15) is 46.0 Å². The van der Waals surface area contributed by atoms with E-state index in [4.69, 9.17) is 10.5 Å². The molecule has 1 aliphatic carbocycles. The zero-order valence-corrected chi connectivity index (χ0v) is 13.9. The first-order valence-corrected chi connectivity index (χ1v) is 8.91. The summed E-state index contributed by atoms with van der Waals surface area (Å²) in [6.07, 6.45) is 6.19. The third-order valence-electron chi connectivity index (χ3n) is 6.11. The first-order chi connectivity index (χ1) is 10.1. The van der Waals surface area contributed by atoms with Gasteiger partial charge in [-0.3, -0.25) is 4.90 Å². The van der Waals surface area contributed by atoms with Crippen LogP contribution in [0.2, 0.25) is 0 Å².